The zero-order valence-electron chi connectivity index (χ0n) is 6.16. The molecule has 0 aromatic carbocycles. The number of hydrogen-bond donors (Lipinski definition) is 1. The third-order valence-electron chi connectivity index (χ3n) is 1.91. The van der Waals surface area contributed by atoms with E-state index in [4.69, 9.17) is 9.84 Å². The molecule has 1 N–H and O–H groups in total. The smallest absolute Gasteiger partial charge is 0.126 e. The van der Waals surface area contributed by atoms with Crippen LogP contribution in [0.25, 0.3) is 0 Å². The summed E-state index contributed by atoms with van der Waals surface area (Å²) in [4.78, 5) is 0. The Morgan fingerprint density at radius 3 is 3.36 bits per heavy atom. The quantitative estimate of drug-likeness (QED) is 0.607. The zero-order valence-corrected chi connectivity index (χ0v) is 6.16. The summed E-state index contributed by atoms with van der Waals surface area (Å²) >= 11 is 0. The minimum atomic E-state index is -0.0371. The molecule has 2 heteroatoms. The van der Waals surface area contributed by atoms with Crippen molar-refractivity contribution in [3.05, 3.63) is 35.6 Å². The van der Waals surface area contributed by atoms with Crippen LogP contribution in [0.5, 0.6) is 0 Å². The lowest BCUT2D eigenvalue weighted by molar-refractivity contribution is 0.0600. The van der Waals surface area contributed by atoms with Gasteiger partial charge in [0.05, 0.1) is 6.61 Å². The van der Waals surface area contributed by atoms with Crippen LogP contribution in [0.15, 0.2) is 35.6 Å². The molecule has 0 spiro atoms. The van der Waals surface area contributed by atoms with Gasteiger partial charge in [-0.25, -0.2) is 0 Å². The molecule has 1 heterocycles. The molecular weight excluding hydrogens is 140 g/mol. The normalized spacial score (nSPS) is 27.2. The Bertz CT molecular complexity index is 248. The van der Waals surface area contributed by atoms with E-state index in [1.54, 1.807) is 0 Å². The van der Waals surface area contributed by atoms with Crippen LogP contribution < -0.4 is 0 Å². The van der Waals surface area contributed by atoms with Crippen LogP contribution >= 0.6 is 0 Å². The molecule has 0 aromatic rings. The third-order valence-corrected chi connectivity index (χ3v) is 1.91. The minimum Gasteiger partial charge on any atom is -0.487 e. The van der Waals surface area contributed by atoms with E-state index in [0.717, 1.165) is 17.8 Å². The van der Waals surface area contributed by atoms with Gasteiger partial charge in [-0.1, -0.05) is 18.2 Å². The van der Waals surface area contributed by atoms with Crippen molar-refractivity contribution < 1.29 is 9.84 Å². The first-order valence-corrected chi connectivity index (χ1v) is 3.76. The molecule has 2 nitrogen and oxygen atoms in total. The van der Waals surface area contributed by atoms with Crippen LogP contribution in [0.3, 0.4) is 0 Å². The van der Waals surface area contributed by atoms with Gasteiger partial charge in [-0.3, -0.25) is 0 Å². The molecular formula is C9H10O2. The Labute approximate surface area is 65.5 Å². The second-order valence-corrected chi connectivity index (χ2v) is 2.71. The van der Waals surface area contributed by atoms with E-state index in [2.05, 4.69) is 6.08 Å². The summed E-state index contributed by atoms with van der Waals surface area (Å²) in [5, 5.41) is 8.81. The van der Waals surface area contributed by atoms with Crippen molar-refractivity contribution in [3.63, 3.8) is 0 Å². The molecule has 2 rings (SSSR count). The average molecular weight is 150 g/mol. The van der Waals surface area contributed by atoms with Crippen LogP contribution in [0, 0.1) is 0 Å². The van der Waals surface area contributed by atoms with Gasteiger partial charge in [-0.2, -0.15) is 0 Å². The molecule has 1 atom stereocenters. The van der Waals surface area contributed by atoms with Gasteiger partial charge in [0.1, 0.15) is 11.9 Å². The second kappa shape index (κ2) is 2.55. The van der Waals surface area contributed by atoms with Gasteiger partial charge in [0.15, 0.2) is 0 Å². The fraction of sp³-hybridized carbons (Fsp3) is 0.333. The van der Waals surface area contributed by atoms with E-state index in [0.29, 0.717) is 0 Å². The number of fused-ring (bicyclic) bond motifs is 1. The standard InChI is InChI=1S/C9H10O2/c10-6-8-5-4-7-2-1-3-9(7)11-8/h1-4,8,10H,5-6H2. The monoisotopic (exact) mass is 150 g/mol. The molecule has 0 saturated heterocycles. The Morgan fingerprint density at radius 1 is 1.64 bits per heavy atom. The topological polar surface area (TPSA) is 29.5 Å². The minimum absolute atomic E-state index is 0.0371. The van der Waals surface area contributed by atoms with E-state index >= 15 is 0 Å². The summed E-state index contributed by atoms with van der Waals surface area (Å²) in [5.41, 5.74) is 1.15. The van der Waals surface area contributed by atoms with Gasteiger partial charge in [-0.15, -0.1) is 0 Å². The van der Waals surface area contributed by atoms with E-state index < -0.39 is 0 Å². The zero-order chi connectivity index (χ0) is 7.68. The van der Waals surface area contributed by atoms with Gasteiger partial charge in [0.2, 0.25) is 0 Å². The molecule has 0 radical (unpaired) electrons. The summed E-state index contributed by atoms with van der Waals surface area (Å²) < 4.78 is 5.44. The van der Waals surface area contributed by atoms with Crippen molar-refractivity contribution in [3.8, 4) is 0 Å². The fourth-order valence-corrected chi connectivity index (χ4v) is 1.29. The highest BCUT2D eigenvalue weighted by Gasteiger charge is 2.18. The Morgan fingerprint density at radius 2 is 2.55 bits per heavy atom. The van der Waals surface area contributed by atoms with Crippen molar-refractivity contribution in [2.24, 2.45) is 0 Å². The lowest BCUT2D eigenvalue weighted by atomic mass is 10.1. The number of aliphatic hydroxyl groups is 1. The highest BCUT2D eigenvalue weighted by Crippen LogP contribution is 2.26. The third kappa shape index (κ3) is 1.10. The summed E-state index contributed by atoms with van der Waals surface area (Å²) in [5.74, 6) is 0.898. The number of aliphatic hydroxyl groups excluding tert-OH is 1. The van der Waals surface area contributed by atoms with Crippen molar-refractivity contribution >= 4 is 0 Å². The van der Waals surface area contributed by atoms with E-state index in [9.17, 15) is 0 Å². The Balaban J connectivity index is 2.18. The van der Waals surface area contributed by atoms with Gasteiger partial charge in [0.25, 0.3) is 0 Å². The summed E-state index contributed by atoms with van der Waals surface area (Å²) in [7, 11) is 0. The van der Waals surface area contributed by atoms with E-state index in [1.165, 1.54) is 0 Å². The van der Waals surface area contributed by atoms with Gasteiger partial charge >= 0.3 is 0 Å². The Hall–Kier alpha value is -1.02. The Kier molecular flexibility index (Phi) is 1.55. The van der Waals surface area contributed by atoms with Crippen LogP contribution in [-0.4, -0.2) is 17.8 Å². The van der Waals surface area contributed by atoms with Crippen LogP contribution in [0.2, 0.25) is 0 Å². The summed E-state index contributed by atoms with van der Waals surface area (Å²) in [6.07, 6.45) is 8.77. The molecule has 1 aliphatic carbocycles. The van der Waals surface area contributed by atoms with Crippen molar-refractivity contribution in [1.82, 2.24) is 0 Å². The van der Waals surface area contributed by atoms with Gasteiger partial charge in [0, 0.05) is 12.0 Å². The predicted molar refractivity (Wildman–Crippen MR) is 41.9 cm³/mol. The van der Waals surface area contributed by atoms with Crippen molar-refractivity contribution in [2.45, 2.75) is 12.5 Å². The lowest BCUT2D eigenvalue weighted by Gasteiger charge is -2.21. The first kappa shape index (κ1) is 6.68. The SMILES string of the molecule is OCC1CC=C2C=CC=C2O1. The lowest BCUT2D eigenvalue weighted by Crippen LogP contribution is -2.19. The van der Waals surface area contributed by atoms with Crippen molar-refractivity contribution in [1.29, 1.82) is 0 Å². The highest BCUT2D eigenvalue weighted by molar-refractivity contribution is 5.46. The number of rotatable bonds is 1. The largest absolute Gasteiger partial charge is 0.487 e. The molecule has 58 valence electrons. The van der Waals surface area contributed by atoms with Crippen molar-refractivity contribution in [2.75, 3.05) is 6.61 Å². The predicted octanol–water partition coefficient (Wildman–Crippen LogP) is 1.15. The average Bonchev–Trinajstić information content (AvgIpc) is 2.50. The van der Waals surface area contributed by atoms with Crippen LogP contribution in [0.1, 0.15) is 6.42 Å². The fourth-order valence-electron chi connectivity index (χ4n) is 1.29. The highest BCUT2D eigenvalue weighted by atomic mass is 16.5. The maximum absolute atomic E-state index is 8.81. The molecule has 0 aromatic heterocycles. The number of allylic oxidation sites excluding steroid dienone is 3. The number of ether oxygens (including phenoxy) is 1. The second-order valence-electron chi connectivity index (χ2n) is 2.71. The summed E-state index contributed by atoms with van der Waals surface area (Å²) in [6.45, 7) is 0.0983. The molecule has 2 aliphatic rings. The van der Waals surface area contributed by atoms with Gasteiger partial charge in [-0.05, 0) is 6.08 Å². The van der Waals surface area contributed by atoms with Crippen LogP contribution in [-0.2, 0) is 4.74 Å². The van der Waals surface area contributed by atoms with Gasteiger partial charge < -0.3 is 9.84 Å². The first-order valence-electron chi connectivity index (χ1n) is 3.76. The summed E-state index contributed by atoms with van der Waals surface area (Å²) in [6, 6.07) is 0. The molecule has 1 unspecified atom stereocenters. The van der Waals surface area contributed by atoms with E-state index in [-0.39, 0.29) is 12.7 Å². The molecule has 0 amide bonds. The van der Waals surface area contributed by atoms with E-state index in [1.807, 2.05) is 18.2 Å². The molecule has 11 heavy (non-hydrogen) atoms. The maximum atomic E-state index is 8.81. The maximum Gasteiger partial charge on any atom is 0.126 e. The first-order chi connectivity index (χ1) is 5.40. The molecule has 0 fully saturated rings. The van der Waals surface area contributed by atoms with Crippen LogP contribution in [0.4, 0.5) is 0 Å². The molecule has 0 bridgehead atoms. The number of hydrogen-bond acceptors (Lipinski definition) is 2. The molecule has 1 aliphatic heterocycles. The molecule has 0 saturated carbocycles.